The van der Waals surface area contributed by atoms with E-state index in [0.29, 0.717) is 17.4 Å². The fraction of sp³-hybridized carbons (Fsp3) is 0.176. The smallest absolute Gasteiger partial charge is 0.250 e. The monoisotopic (exact) mass is 341 g/mol. The maximum atomic E-state index is 12.5. The van der Waals surface area contributed by atoms with Crippen LogP contribution in [0.5, 0.6) is 0 Å². The van der Waals surface area contributed by atoms with Crippen molar-refractivity contribution in [1.29, 1.82) is 0 Å². The SMILES string of the molecule is CCN(C(=O)Cn1nnc(-c2ccc(Cl)cc2)n1)c1ccccc1. The highest BCUT2D eigenvalue weighted by Gasteiger charge is 2.16. The van der Waals surface area contributed by atoms with Gasteiger partial charge in [-0.05, 0) is 48.5 Å². The molecule has 0 aliphatic heterocycles. The number of hydrogen-bond donors (Lipinski definition) is 0. The van der Waals surface area contributed by atoms with Crippen LogP contribution < -0.4 is 4.90 Å². The minimum absolute atomic E-state index is 0.0311. The molecule has 0 aliphatic carbocycles. The Kier molecular flexibility index (Phi) is 4.86. The summed E-state index contributed by atoms with van der Waals surface area (Å²) < 4.78 is 0. The molecule has 3 rings (SSSR count). The molecule has 122 valence electrons. The van der Waals surface area contributed by atoms with Gasteiger partial charge < -0.3 is 4.90 Å². The normalized spacial score (nSPS) is 10.6. The van der Waals surface area contributed by atoms with E-state index in [1.807, 2.05) is 49.4 Å². The molecule has 2 aromatic carbocycles. The number of nitrogens with zero attached hydrogens (tertiary/aromatic N) is 5. The Morgan fingerprint density at radius 2 is 1.83 bits per heavy atom. The Balaban J connectivity index is 1.74. The lowest BCUT2D eigenvalue weighted by molar-refractivity contribution is -0.119. The third-order valence-corrected chi connectivity index (χ3v) is 3.77. The number of carbonyl (C=O) groups excluding carboxylic acids is 1. The lowest BCUT2D eigenvalue weighted by atomic mass is 10.2. The average molecular weight is 342 g/mol. The van der Waals surface area contributed by atoms with Crippen molar-refractivity contribution in [2.24, 2.45) is 0 Å². The molecule has 0 N–H and O–H groups in total. The van der Waals surface area contributed by atoms with Crippen molar-refractivity contribution in [3.63, 3.8) is 0 Å². The van der Waals surface area contributed by atoms with Crippen LogP contribution in [0.2, 0.25) is 5.02 Å². The van der Waals surface area contributed by atoms with Crippen molar-refractivity contribution in [3.8, 4) is 11.4 Å². The molecule has 0 spiro atoms. The number of anilines is 1. The van der Waals surface area contributed by atoms with Crippen LogP contribution in [0.3, 0.4) is 0 Å². The summed E-state index contributed by atoms with van der Waals surface area (Å²) in [5.74, 6) is 0.367. The van der Waals surface area contributed by atoms with Gasteiger partial charge in [0.15, 0.2) is 0 Å². The molecule has 0 atom stereocenters. The Labute approximate surface area is 144 Å². The molecule has 7 heteroatoms. The molecule has 0 bridgehead atoms. The standard InChI is InChI=1S/C17H16ClN5O/c1-2-22(15-6-4-3-5-7-15)16(24)12-23-20-17(19-21-23)13-8-10-14(18)11-9-13/h3-11H,2,12H2,1H3. The van der Waals surface area contributed by atoms with Crippen LogP contribution in [0.15, 0.2) is 54.6 Å². The van der Waals surface area contributed by atoms with Crippen molar-refractivity contribution >= 4 is 23.2 Å². The second-order valence-electron chi connectivity index (χ2n) is 5.12. The predicted octanol–water partition coefficient (Wildman–Crippen LogP) is 3.05. The topological polar surface area (TPSA) is 63.9 Å². The zero-order chi connectivity index (χ0) is 16.9. The Morgan fingerprint density at radius 1 is 1.12 bits per heavy atom. The number of likely N-dealkylation sites (N-methyl/N-ethyl adjacent to an activating group) is 1. The number of aromatic nitrogens is 4. The van der Waals surface area contributed by atoms with E-state index in [2.05, 4.69) is 15.4 Å². The number of benzene rings is 2. The highest BCUT2D eigenvalue weighted by molar-refractivity contribution is 6.30. The van der Waals surface area contributed by atoms with Crippen molar-refractivity contribution < 1.29 is 4.79 Å². The van der Waals surface area contributed by atoms with Gasteiger partial charge in [0.05, 0.1) is 0 Å². The van der Waals surface area contributed by atoms with Gasteiger partial charge in [-0.15, -0.1) is 10.2 Å². The summed E-state index contributed by atoms with van der Waals surface area (Å²) in [6.07, 6.45) is 0. The van der Waals surface area contributed by atoms with Crippen molar-refractivity contribution in [2.75, 3.05) is 11.4 Å². The van der Waals surface area contributed by atoms with Crippen LogP contribution in [-0.4, -0.2) is 32.7 Å². The van der Waals surface area contributed by atoms with E-state index in [1.165, 1.54) is 4.80 Å². The first-order valence-corrected chi connectivity index (χ1v) is 7.94. The number of carbonyl (C=O) groups is 1. The third kappa shape index (κ3) is 3.60. The quantitative estimate of drug-likeness (QED) is 0.715. The van der Waals surface area contributed by atoms with Crippen LogP contribution in [0.1, 0.15) is 6.92 Å². The summed E-state index contributed by atoms with van der Waals surface area (Å²) in [7, 11) is 0. The molecule has 0 saturated carbocycles. The van der Waals surface area contributed by atoms with Gasteiger partial charge in [0.2, 0.25) is 5.82 Å². The van der Waals surface area contributed by atoms with Crippen molar-refractivity contribution in [1.82, 2.24) is 20.2 Å². The molecule has 6 nitrogen and oxygen atoms in total. The zero-order valence-corrected chi connectivity index (χ0v) is 13.9. The lowest BCUT2D eigenvalue weighted by Crippen LogP contribution is -2.34. The minimum atomic E-state index is -0.0937. The van der Waals surface area contributed by atoms with Gasteiger partial charge in [-0.2, -0.15) is 4.80 Å². The van der Waals surface area contributed by atoms with Crippen molar-refractivity contribution in [2.45, 2.75) is 13.5 Å². The van der Waals surface area contributed by atoms with E-state index in [1.54, 1.807) is 17.0 Å². The number of para-hydroxylation sites is 1. The summed E-state index contributed by atoms with van der Waals surface area (Å²) in [6, 6.07) is 16.7. The maximum absolute atomic E-state index is 12.5. The predicted molar refractivity (Wildman–Crippen MR) is 92.7 cm³/mol. The number of tetrazole rings is 1. The Bertz CT molecular complexity index is 817. The molecule has 1 amide bonds. The molecular weight excluding hydrogens is 326 g/mol. The largest absolute Gasteiger partial charge is 0.311 e. The van der Waals surface area contributed by atoms with Gasteiger partial charge in [-0.3, -0.25) is 4.79 Å². The summed E-state index contributed by atoms with van der Waals surface area (Å²) >= 11 is 5.87. The molecule has 0 aliphatic rings. The third-order valence-electron chi connectivity index (χ3n) is 3.52. The van der Waals surface area contributed by atoms with Gasteiger partial charge >= 0.3 is 0 Å². The Morgan fingerprint density at radius 3 is 2.50 bits per heavy atom. The number of hydrogen-bond acceptors (Lipinski definition) is 4. The summed E-state index contributed by atoms with van der Waals surface area (Å²) in [6.45, 7) is 2.53. The number of halogens is 1. The van der Waals surface area contributed by atoms with E-state index in [4.69, 9.17) is 11.6 Å². The molecule has 0 unspecified atom stereocenters. The van der Waals surface area contributed by atoms with Crippen LogP contribution in [-0.2, 0) is 11.3 Å². The number of amides is 1. The van der Waals surface area contributed by atoms with Crippen LogP contribution in [0, 0.1) is 0 Å². The Hall–Kier alpha value is -2.73. The zero-order valence-electron chi connectivity index (χ0n) is 13.1. The van der Waals surface area contributed by atoms with Gasteiger partial charge in [-0.25, -0.2) is 0 Å². The van der Waals surface area contributed by atoms with E-state index in [9.17, 15) is 4.79 Å². The fourth-order valence-electron chi connectivity index (χ4n) is 2.34. The second kappa shape index (κ2) is 7.23. The van der Waals surface area contributed by atoms with Gasteiger partial charge in [0.25, 0.3) is 5.91 Å². The average Bonchev–Trinajstić information content (AvgIpc) is 3.05. The highest BCUT2D eigenvalue weighted by atomic mass is 35.5. The summed E-state index contributed by atoms with van der Waals surface area (Å²) in [4.78, 5) is 15.5. The van der Waals surface area contributed by atoms with E-state index in [-0.39, 0.29) is 12.5 Å². The fourth-order valence-corrected chi connectivity index (χ4v) is 2.47. The maximum Gasteiger partial charge on any atom is 0.250 e. The number of rotatable bonds is 5. The highest BCUT2D eigenvalue weighted by Crippen LogP contribution is 2.17. The molecule has 0 saturated heterocycles. The summed E-state index contributed by atoms with van der Waals surface area (Å²) in [5.41, 5.74) is 1.65. The lowest BCUT2D eigenvalue weighted by Gasteiger charge is -2.20. The first kappa shape index (κ1) is 16.1. The molecule has 24 heavy (non-hydrogen) atoms. The molecule has 1 heterocycles. The van der Waals surface area contributed by atoms with Crippen LogP contribution >= 0.6 is 11.6 Å². The van der Waals surface area contributed by atoms with Crippen LogP contribution in [0.4, 0.5) is 5.69 Å². The van der Waals surface area contributed by atoms with Gasteiger partial charge in [0.1, 0.15) is 6.54 Å². The van der Waals surface area contributed by atoms with E-state index >= 15 is 0 Å². The van der Waals surface area contributed by atoms with E-state index < -0.39 is 0 Å². The van der Waals surface area contributed by atoms with Gasteiger partial charge in [-0.1, -0.05) is 29.8 Å². The second-order valence-corrected chi connectivity index (χ2v) is 5.56. The minimum Gasteiger partial charge on any atom is -0.311 e. The molecule has 1 aromatic heterocycles. The first-order chi connectivity index (χ1) is 11.7. The molecular formula is C17H16ClN5O. The summed E-state index contributed by atoms with van der Waals surface area (Å²) in [5, 5.41) is 12.9. The first-order valence-electron chi connectivity index (χ1n) is 7.56. The van der Waals surface area contributed by atoms with E-state index in [0.717, 1.165) is 11.3 Å². The van der Waals surface area contributed by atoms with Crippen LogP contribution in [0.25, 0.3) is 11.4 Å². The molecule has 0 radical (unpaired) electrons. The van der Waals surface area contributed by atoms with Crippen molar-refractivity contribution in [3.05, 3.63) is 59.6 Å². The molecule has 3 aromatic rings. The van der Waals surface area contributed by atoms with Gasteiger partial charge in [0, 0.05) is 22.8 Å². The molecule has 0 fully saturated rings.